The van der Waals surface area contributed by atoms with Gasteiger partial charge < -0.3 is 0 Å². The lowest BCUT2D eigenvalue weighted by atomic mass is 10.3. The van der Waals surface area contributed by atoms with Crippen molar-refractivity contribution in [2.75, 3.05) is 5.88 Å². The van der Waals surface area contributed by atoms with E-state index in [0.717, 1.165) is 29.0 Å². The molecule has 0 atom stereocenters. The lowest BCUT2D eigenvalue weighted by molar-refractivity contribution is 0.508. The van der Waals surface area contributed by atoms with Gasteiger partial charge >= 0.3 is 0 Å². The number of hydrogen-bond acceptors (Lipinski definition) is 2. The smallest absolute Gasteiger partial charge is 0.163 e. The third-order valence-electron chi connectivity index (χ3n) is 3.35. The molecule has 3 rings (SSSR count). The monoisotopic (exact) mass is 310 g/mol. The summed E-state index contributed by atoms with van der Waals surface area (Å²) in [5.41, 5.74) is 2.75. The van der Waals surface area contributed by atoms with E-state index in [9.17, 15) is 8.78 Å². The topological polar surface area (TPSA) is 35.6 Å². The van der Waals surface area contributed by atoms with Crippen LogP contribution in [0.2, 0.25) is 0 Å². The summed E-state index contributed by atoms with van der Waals surface area (Å²) < 4.78 is 30.1. The summed E-state index contributed by atoms with van der Waals surface area (Å²) in [4.78, 5) is 4.53. The van der Waals surface area contributed by atoms with E-state index in [1.807, 2.05) is 6.92 Å². The first kappa shape index (κ1) is 14.0. The van der Waals surface area contributed by atoms with Crippen LogP contribution in [0.25, 0.3) is 16.9 Å². The van der Waals surface area contributed by atoms with Gasteiger partial charge in [-0.1, -0.05) is 0 Å². The van der Waals surface area contributed by atoms with Gasteiger partial charge in [0.1, 0.15) is 11.3 Å². The standard InChI is InChI=1S/C14H13ClF2N4/c1-8-13-14(20(2)19-8)21(12(18-13)5-6-15)9-3-4-10(16)11(17)7-9/h3-4,7H,5-6H2,1-2H3. The molecule has 0 amide bonds. The van der Waals surface area contributed by atoms with Crippen LogP contribution in [0.4, 0.5) is 8.78 Å². The molecule has 0 radical (unpaired) electrons. The van der Waals surface area contributed by atoms with Crippen molar-refractivity contribution in [1.29, 1.82) is 0 Å². The van der Waals surface area contributed by atoms with E-state index in [4.69, 9.17) is 11.6 Å². The highest BCUT2D eigenvalue weighted by Gasteiger charge is 2.19. The Balaban J connectivity index is 2.32. The van der Waals surface area contributed by atoms with Crippen molar-refractivity contribution in [3.05, 3.63) is 41.4 Å². The van der Waals surface area contributed by atoms with Gasteiger partial charge in [-0.25, -0.2) is 18.4 Å². The summed E-state index contributed by atoms with van der Waals surface area (Å²) in [5.74, 6) is -0.693. The van der Waals surface area contributed by atoms with Crippen molar-refractivity contribution in [2.24, 2.45) is 7.05 Å². The van der Waals surface area contributed by atoms with Gasteiger partial charge in [-0.2, -0.15) is 5.10 Å². The minimum absolute atomic E-state index is 0.388. The number of fused-ring (bicyclic) bond motifs is 1. The highest BCUT2D eigenvalue weighted by atomic mass is 35.5. The minimum atomic E-state index is -0.898. The largest absolute Gasteiger partial charge is 0.281 e. The molecule has 0 saturated carbocycles. The van der Waals surface area contributed by atoms with Crippen molar-refractivity contribution in [2.45, 2.75) is 13.3 Å². The van der Waals surface area contributed by atoms with E-state index >= 15 is 0 Å². The van der Waals surface area contributed by atoms with E-state index < -0.39 is 11.6 Å². The Kier molecular flexibility index (Phi) is 3.41. The summed E-state index contributed by atoms with van der Waals surface area (Å²) in [5, 5.41) is 4.31. The number of aryl methyl sites for hydroxylation is 3. The maximum absolute atomic E-state index is 13.5. The molecule has 0 unspecified atom stereocenters. The van der Waals surface area contributed by atoms with E-state index in [0.29, 0.717) is 23.8 Å². The molecule has 110 valence electrons. The summed E-state index contributed by atoms with van der Waals surface area (Å²) in [7, 11) is 1.79. The molecule has 7 heteroatoms. The summed E-state index contributed by atoms with van der Waals surface area (Å²) in [6.07, 6.45) is 0.522. The van der Waals surface area contributed by atoms with Crippen molar-refractivity contribution >= 4 is 22.8 Å². The van der Waals surface area contributed by atoms with E-state index in [1.165, 1.54) is 6.07 Å². The Morgan fingerprint density at radius 1 is 1.24 bits per heavy atom. The fourth-order valence-electron chi connectivity index (χ4n) is 2.47. The van der Waals surface area contributed by atoms with Gasteiger partial charge in [-0.15, -0.1) is 11.6 Å². The zero-order valence-electron chi connectivity index (χ0n) is 11.6. The predicted molar refractivity (Wildman–Crippen MR) is 76.9 cm³/mol. The Bertz CT molecular complexity index is 822. The highest BCUT2D eigenvalue weighted by Crippen LogP contribution is 2.25. The lowest BCUT2D eigenvalue weighted by Gasteiger charge is -2.09. The molecule has 21 heavy (non-hydrogen) atoms. The van der Waals surface area contributed by atoms with E-state index in [1.54, 1.807) is 16.3 Å². The number of halogens is 3. The Morgan fingerprint density at radius 2 is 2.00 bits per heavy atom. The maximum atomic E-state index is 13.5. The molecule has 0 spiro atoms. The number of hydrogen-bond donors (Lipinski definition) is 0. The van der Waals surface area contributed by atoms with Gasteiger partial charge in [0.05, 0.1) is 11.4 Å². The van der Waals surface area contributed by atoms with Crippen molar-refractivity contribution < 1.29 is 8.78 Å². The van der Waals surface area contributed by atoms with Crippen LogP contribution in [-0.2, 0) is 13.5 Å². The Labute approximate surface area is 125 Å². The number of alkyl halides is 1. The van der Waals surface area contributed by atoms with Crippen LogP contribution in [0.15, 0.2) is 18.2 Å². The number of rotatable bonds is 3. The molecule has 0 aliphatic heterocycles. The molecule has 4 nitrogen and oxygen atoms in total. The first-order valence-electron chi connectivity index (χ1n) is 6.45. The summed E-state index contributed by atoms with van der Waals surface area (Å²) in [6, 6.07) is 3.76. The highest BCUT2D eigenvalue weighted by molar-refractivity contribution is 6.17. The molecule has 0 aliphatic rings. The fraction of sp³-hybridized carbons (Fsp3) is 0.286. The molecule has 0 saturated heterocycles. The molecule has 2 aromatic heterocycles. The molecule has 0 aliphatic carbocycles. The maximum Gasteiger partial charge on any atom is 0.163 e. The third kappa shape index (κ3) is 2.19. The SMILES string of the molecule is Cc1nn(C)c2c1nc(CCCl)n2-c1ccc(F)c(F)c1. The molecule has 1 aromatic carbocycles. The van der Waals surface area contributed by atoms with Gasteiger partial charge in [0.2, 0.25) is 0 Å². The van der Waals surface area contributed by atoms with Crippen LogP contribution < -0.4 is 0 Å². The quantitative estimate of drug-likeness (QED) is 0.697. The van der Waals surface area contributed by atoms with Gasteiger partial charge in [0.15, 0.2) is 17.3 Å². The van der Waals surface area contributed by atoms with Crippen LogP contribution in [0.1, 0.15) is 11.5 Å². The number of nitrogens with zero attached hydrogens (tertiary/aromatic N) is 4. The average molecular weight is 311 g/mol. The van der Waals surface area contributed by atoms with Gasteiger partial charge in [-0.05, 0) is 19.1 Å². The second kappa shape index (κ2) is 5.11. The molecule has 3 aromatic rings. The first-order chi connectivity index (χ1) is 10.0. The molecule has 0 bridgehead atoms. The zero-order chi connectivity index (χ0) is 15.1. The zero-order valence-corrected chi connectivity index (χ0v) is 12.3. The minimum Gasteiger partial charge on any atom is -0.281 e. The van der Waals surface area contributed by atoms with Gasteiger partial charge in [0.25, 0.3) is 0 Å². The van der Waals surface area contributed by atoms with Crippen LogP contribution in [0, 0.1) is 18.6 Å². The van der Waals surface area contributed by atoms with Crippen LogP contribution >= 0.6 is 11.6 Å². The number of imidazole rings is 1. The first-order valence-corrected chi connectivity index (χ1v) is 6.98. The average Bonchev–Trinajstić information content (AvgIpc) is 2.93. The number of aromatic nitrogens is 4. The third-order valence-corrected chi connectivity index (χ3v) is 3.54. The lowest BCUT2D eigenvalue weighted by Crippen LogP contribution is -2.06. The Hall–Kier alpha value is -1.95. The van der Waals surface area contributed by atoms with Crippen LogP contribution in [0.3, 0.4) is 0 Å². The molecule has 2 heterocycles. The van der Waals surface area contributed by atoms with Gasteiger partial charge in [-0.3, -0.25) is 4.57 Å². The van der Waals surface area contributed by atoms with E-state index in [2.05, 4.69) is 10.1 Å². The molecular weight excluding hydrogens is 298 g/mol. The molecular formula is C14H13ClF2N4. The van der Waals surface area contributed by atoms with Crippen molar-refractivity contribution in [3.63, 3.8) is 0 Å². The second-order valence-electron chi connectivity index (χ2n) is 4.78. The molecule has 0 fully saturated rings. The second-order valence-corrected chi connectivity index (χ2v) is 5.16. The summed E-state index contributed by atoms with van der Waals surface area (Å²) >= 11 is 5.82. The molecule has 0 N–H and O–H groups in total. The fourth-order valence-corrected chi connectivity index (χ4v) is 2.63. The predicted octanol–water partition coefficient (Wildman–Crippen LogP) is 3.13. The Morgan fingerprint density at radius 3 is 2.67 bits per heavy atom. The van der Waals surface area contributed by atoms with Crippen LogP contribution in [-0.4, -0.2) is 25.2 Å². The normalized spacial score (nSPS) is 11.5. The van der Waals surface area contributed by atoms with Gasteiger partial charge in [0, 0.05) is 25.4 Å². The van der Waals surface area contributed by atoms with Crippen LogP contribution in [0.5, 0.6) is 0 Å². The van der Waals surface area contributed by atoms with Crippen molar-refractivity contribution in [3.8, 4) is 5.69 Å². The summed E-state index contributed by atoms with van der Waals surface area (Å²) in [6.45, 7) is 1.86. The number of benzene rings is 1. The van der Waals surface area contributed by atoms with E-state index in [-0.39, 0.29) is 0 Å². The van der Waals surface area contributed by atoms with Crippen molar-refractivity contribution in [1.82, 2.24) is 19.3 Å².